The zero-order chi connectivity index (χ0) is 26.6. The number of aromatic nitrogens is 1. The number of pyridine rings is 1. The third-order valence-electron chi connectivity index (χ3n) is 7.21. The fourth-order valence-electron chi connectivity index (χ4n) is 4.96. The highest BCUT2D eigenvalue weighted by Gasteiger charge is 2.28. The Morgan fingerprint density at radius 1 is 1.14 bits per heavy atom. The monoisotopic (exact) mass is 520 g/mol. The molecule has 0 saturated heterocycles. The Labute approximate surface area is 223 Å². The number of carbonyl (C=O) groups excluding carboxylic acids is 2. The first-order chi connectivity index (χ1) is 17.7. The van der Waals surface area contributed by atoms with E-state index in [4.69, 9.17) is 15.5 Å². The maximum absolute atomic E-state index is 12.9. The van der Waals surface area contributed by atoms with Crippen LogP contribution in [0.4, 0.5) is 10.5 Å². The number of nitrogens with zero attached hydrogens (tertiary/aromatic N) is 2. The molecule has 2 amide bonds. The molecule has 0 atom stereocenters. The Bertz CT molecular complexity index is 1210. The Balaban J connectivity index is 1.45. The van der Waals surface area contributed by atoms with Crippen molar-refractivity contribution in [1.82, 2.24) is 9.88 Å². The van der Waals surface area contributed by atoms with Gasteiger partial charge in [0.15, 0.2) is 0 Å². The van der Waals surface area contributed by atoms with Gasteiger partial charge in [0.2, 0.25) is 5.91 Å². The van der Waals surface area contributed by atoms with E-state index in [1.165, 1.54) is 7.11 Å². The summed E-state index contributed by atoms with van der Waals surface area (Å²) < 4.78 is 4.83. The van der Waals surface area contributed by atoms with E-state index in [0.29, 0.717) is 18.0 Å². The van der Waals surface area contributed by atoms with Gasteiger partial charge in [0.05, 0.1) is 24.7 Å². The van der Waals surface area contributed by atoms with E-state index in [1.54, 1.807) is 29.5 Å². The van der Waals surface area contributed by atoms with Gasteiger partial charge in [-0.25, -0.2) is 4.79 Å². The number of benzene rings is 1. The molecule has 1 aromatic carbocycles. The van der Waals surface area contributed by atoms with E-state index in [0.717, 1.165) is 53.6 Å². The first-order valence-electron chi connectivity index (χ1n) is 12.7. The second-order valence-corrected chi connectivity index (χ2v) is 11.2. The van der Waals surface area contributed by atoms with E-state index in [1.807, 2.05) is 49.6 Å². The van der Waals surface area contributed by atoms with Gasteiger partial charge in [-0.1, -0.05) is 24.3 Å². The van der Waals surface area contributed by atoms with Crippen molar-refractivity contribution in [3.05, 3.63) is 58.9 Å². The van der Waals surface area contributed by atoms with Crippen molar-refractivity contribution in [2.75, 3.05) is 19.5 Å². The predicted molar refractivity (Wildman–Crippen MR) is 149 cm³/mol. The molecular formula is C29H36N4O3S. The van der Waals surface area contributed by atoms with Crippen molar-refractivity contribution in [3.8, 4) is 22.4 Å². The molecular weight excluding hydrogens is 484 g/mol. The summed E-state index contributed by atoms with van der Waals surface area (Å²) in [7, 11) is 3.18. The summed E-state index contributed by atoms with van der Waals surface area (Å²) in [5.41, 5.74) is 11.5. The molecule has 2 aromatic heterocycles. The number of carbonyl (C=O) groups is 2. The Morgan fingerprint density at radius 3 is 2.43 bits per heavy atom. The second-order valence-electron chi connectivity index (χ2n) is 10.4. The van der Waals surface area contributed by atoms with Crippen LogP contribution in [0, 0.1) is 5.92 Å². The number of hydrogen-bond donors (Lipinski definition) is 2. The van der Waals surface area contributed by atoms with Gasteiger partial charge in [-0.3, -0.25) is 9.78 Å². The first-order valence-corrected chi connectivity index (χ1v) is 13.6. The maximum Gasteiger partial charge on any atom is 0.409 e. The van der Waals surface area contributed by atoms with E-state index in [2.05, 4.69) is 16.8 Å². The van der Waals surface area contributed by atoms with Crippen LogP contribution in [0.5, 0.6) is 0 Å². The van der Waals surface area contributed by atoms with Crippen molar-refractivity contribution in [1.29, 1.82) is 0 Å². The van der Waals surface area contributed by atoms with Gasteiger partial charge in [0, 0.05) is 36.2 Å². The number of amides is 2. The molecule has 1 saturated carbocycles. The number of nitrogens with one attached hydrogen (secondary N) is 1. The van der Waals surface area contributed by atoms with E-state index < -0.39 is 5.54 Å². The van der Waals surface area contributed by atoms with Gasteiger partial charge in [0.1, 0.15) is 0 Å². The predicted octanol–water partition coefficient (Wildman–Crippen LogP) is 6.26. The van der Waals surface area contributed by atoms with Crippen molar-refractivity contribution < 1.29 is 14.3 Å². The third-order valence-corrected chi connectivity index (χ3v) is 7.89. The highest BCUT2D eigenvalue weighted by Crippen LogP contribution is 2.35. The zero-order valence-corrected chi connectivity index (χ0v) is 22.8. The SMILES string of the molecule is COC(=O)N(C)[C@H]1CC[C@H](CC(=O)Nc2cnc(-c3ccc(C(C)(C)N)cc3)c(-c3ccsc3)c2)CC1. The number of thiophene rings is 1. The van der Waals surface area contributed by atoms with Crippen LogP contribution in [0.25, 0.3) is 22.4 Å². The minimum absolute atomic E-state index is 0.00915. The molecule has 0 aliphatic heterocycles. The number of anilines is 1. The van der Waals surface area contributed by atoms with Crippen molar-refractivity contribution in [3.63, 3.8) is 0 Å². The minimum Gasteiger partial charge on any atom is -0.453 e. The number of ether oxygens (including phenoxy) is 1. The van der Waals surface area contributed by atoms with Crippen LogP contribution < -0.4 is 11.1 Å². The molecule has 3 N–H and O–H groups in total. The normalized spacial score (nSPS) is 17.8. The summed E-state index contributed by atoms with van der Waals surface area (Å²) in [6, 6.07) is 12.4. The average molecular weight is 521 g/mol. The summed E-state index contributed by atoms with van der Waals surface area (Å²) >= 11 is 1.63. The van der Waals surface area contributed by atoms with Crippen molar-refractivity contribution in [2.45, 2.75) is 57.5 Å². The lowest BCUT2D eigenvalue weighted by atomic mass is 9.83. The summed E-state index contributed by atoms with van der Waals surface area (Å²) in [4.78, 5) is 31.1. The van der Waals surface area contributed by atoms with Crippen LogP contribution in [0.3, 0.4) is 0 Å². The van der Waals surface area contributed by atoms with Crippen LogP contribution in [0.2, 0.25) is 0 Å². The van der Waals surface area contributed by atoms with Gasteiger partial charge in [0.25, 0.3) is 0 Å². The largest absolute Gasteiger partial charge is 0.453 e. The lowest BCUT2D eigenvalue weighted by molar-refractivity contribution is -0.117. The maximum atomic E-state index is 12.9. The van der Waals surface area contributed by atoms with E-state index in [-0.39, 0.29) is 18.0 Å². The zero-order valence-electron chi connectivity index (χ0n) is 22.0. The Hall–Kier alpha value is -3.23. The molecule has 37 heavy (non-hydrogen) atoms. The quantitative estimate of drug-likeness (QED) is 0.383. The number of hydrogen-bond acceptors (Lipinski definition) is 6. The highest BCUT2D eigenvalue weighted by molar-refractivity contribution is 7.08. The minimum atomic E-state index is -0.410. The molecule has 8 heteroatoms. The molecule has 7 nitrogen and oxygen atoms in total. The number of nitrogens with two attached hydrogens (primary N) is 1. The molecule has 0 radical (unpaired) electrons. The van der Waals surface area contributed by atoms with Crippen molar-refractivity contribution in [2.24, 2.45) is 11.7 Å². The molecule has 3 aromatic rings. The molecule has 4 rings (SSSR count). The van der Waals surface area contributed by atoms with Crippen LogP contribution in [-0.4, -0.2) is 42.1 Å². The Kier molecular flexibility index (Phi) is 8.29. The molecule has 1 aliphatic rings. The highest BCUT2D eigenvalue weighted by atomic mass is 32.1. The first kappa shape index (κ1) is 26.8. The van der Waals surface area contributed by atoms with Gasteiger partial charge in [-0.2, -0.15) is 11.3 Å². The molecule has 0 spiro atoms. The van der Waals surface area contributed by atoms with Gasteiger partial charge in [-0.05, 0) is 79.5 Å². The number of rotatable bonds is 7. The van der Waals surface area contributed by atoms with E-state index >= 15 is 0 Å². The van der Waals surface area contributed by atoms with Crippen LogP contribution >= 0.6 is 11.3 Å². The molecule has 1 aliphatic carbocycles. The van der Waals surface area contributed by atoms with Crippen molar-refractivity contribution >= 4 is 29.0 Å². The smallest absolute Gasteiger partial charge is 0.409 e. The topological polar surface area (TPSA) is 97.5 Å². The second kappa shape index (κ2) is 11.4. The third kappa shape index (κ3) is 6.56. The lowest BCUT2D eigenvalue weighted by Crippen LogP contribution is -2.39. The van der Waals surface area contributed by atoms with Crippen LogP contribution in [0.15, 0.2) is 53.4 Å². The fourth-order valence-corrected chi connectivity index (χ4v) is 5.62. The molecule has 0 bridgehead atoms. The summed E-state index contributed by atoms with van der Waals surface area (Å²) in [6.45, 7) is 3.97. The van der Waals surface area contributed by atoms with E-state index in [9.17, 15) is 9.59 Å². The molecule has 1 fully saturated rings. The number of methoxy groups -OCH3 is 1. The van der Waals surface area contributed by atoms with Gasteiger partial charge >= 0.3 is 6.09 Å². The fraction of sp³-hybridized carbons (Fsp3) is 0.414. The van der Waals surface area contributed by atoms with Gasteiger partial charge in [-0.15, -0.1) is 0 Å². The van der Waals surface area contributed by atoms with Crippen LogP contribution in [-0.2, 0) is 15.1 Å². The average Bonchev–Trinajstić information content (AvgIpc) is 3.43. The lowest BCUT2D eigenvalue weighted by Gasteiger charge is -2.33. The molecule has 196 valence electrons. The standard InChI is InChI=1S/C29H36N4O3S/c1-29(2,30)22-9-7-20(8-10-22)27-25(21-13-14-37-18-21)16-23(17-31-27)32-26(34)15-19-5-11-24(12-6-19)33(3)28(35)36-4/h7-10,13-14,16-19,24H,5-6,11-12,15,30H2,1-4H3,(H,32,34)/t19-,24-. The summed E-state index contributed by atoms with van der Waals surface area (Å²) in [6.07, 6.45) is 5.45. The van der Waals surface area contributed by atoms with Gasteiger partial charge < -0.3 is 20.7 Å². The summed E-state index contributed by atoms with van der Waals surface area (Å²) in [5, 5.41) is 7.19. The Morgan fingerprint density at radius 2 is 1.84 bits per heavy atom. The molecule has 2 heterocycles. The summed E-state index contributed by atoms with van der Waals surface area (Å²) in [5.74, 6) is 0.293. The molecule has 0 unspecified atom stereocenters. The van der Waals surface area contributed by atoms with Crippen LogP contribution in [0.1, 0.15) is 51.5 Å².